The molecule has 27 heavy (non-hydrogen) atoms. The lowest BCUT2D eigenvalue weighted by atomic mass is 10.2. The fourth-order valence-electron chi connectivity index (χ4n) is 3.18. The molecule has 2 aliphatic heterocycles. The first-order chi connectivity index (χ1) is 12.3. The highest BCUT2D eigenvalue weighted by Gasteiger charge is 2.26. The summed E-state index contributed by atoms with van der Waals surface area (Å²) < 4.78 is 7.56. The zero-order chi connectivity index (χ0) is 18.7. The summed E-state index contributed by atoms with van der Waals surface area (Å²) >= 11 is 0. The Kier molecular flexibility index (Phi) is 7.29. The summed E-state index contributed by atoms with van der Waals surface area (Å²) in [5.74, 6) is 2.41. The van der Waals surface area contributed by atoms with E-state index in [-0.39, 0.29) is 30.1 Å². The van der Waals surface area contributed by atoms with Crippen LogP contribution in [0.3, 0.4) is 0 Å². The smallest absolute Gasteiger partial charge is 0.410 e. The van der Waals surface area contributed by atoms with Crippen molar-refractivity contribution in [2.45, 2.75) is 58.7 Å². The maximum Gasteiger partial charge on any atom is 0.410 e. The quantitative estimate of drug-likeness (QED) is 0.383. The topological polar surface area (TPSA) is 102 Å². The predicted molar refractivity (Wildman–Crippen MR) is 113 cm³/mol. The molecule has 2 aliphatic rings. The molecular weight excluding hydrogens is 461 g/mol. The summed E-state index contributed by atoms with van der Waals surface area (Å²) in [7, 11) is 0. The lowest BCUT2D eigenvalue weighted by molar-refractivity contribution is 0.0186. The van der Waals surface area contributed by atoms with Gasteiger partial charge < -0.3 is 24.8 Å². The molecule has 1 amide bonds. The van der Waals surface area contributed by atoms with Crippen LogP contribution in [-0.4, -0.2) is 68.4 Å². The molecule has 0 atom stereocenters. The van der Waals surface area contributed by atoms with Crippen LogP contribution in [0.5, 0.6) is 0 Å². The molecule has 0 spiro atoms. The van der Waals surface area contributed by atoms with Gasteiger partial charge in [-0.1, -0.05) is 0 Å². The fraction of sp³-hybridized carbons (Fsp3) is 0.765. The number of nitrogens with two attached hydrogens (primary N) is 1. The Bertz CT molecular complexity index is 675. The molecule has 0 aromatic carbocycles. The summed E-state index contributed by atoms with van der Waals surface area (Å²) in [6, 6.07) is 0. The highest BCUT2D eigenvalue weighted by Crippen LogP contribution is 2.15. The zero-order valence-corrected chi connectivity index (χ0v) is 18.7. The van der Waals surface area contributed by atoms with Crippen molar-refractivity contribution < 1.29 is 9.53 Å². The number of ether oxygens (including phenoxy) is 1. The molecule has 1 aromatic heterocycles. The average Bonchev–Trinajstić information content (AvgIpc) is 3.01. The summed E-state index contributed by atoms with van der Waals surface area (Å²) in [5, 5.41) is 8.48. The van der Waals surface area contributed by atoms with Crippen LogP contribution in [0.2, 0.25) is 0 Å². The minimum absolute atomic E-state index is 0. The Labute approximate surface area is 177 Å². The van der Waals surface area contributed by atoms with Gasteiger partial charge in [0.05, 0.1) is 0 Å². The zero-order valence-electron chi connectivity index (χ0n) is 16.3. The number of rotatable bonds is 2. The number of nitrogens with zero attached hydrogens (tertiary/aromatic N) is 6. The molecule has 0 bridgehead atoms. The van der Waals surface area contributed by atoms with Gasteiger partial charge >= 0.3 is 6.09 Å². The molecule has 1 fully saturated rings. The van der Waals surface area contributed by atoms with E-state index in [2.05, 4.69) is 19.8 Å². The van der Waals surface area contributed by atoms with Gasteiger partial charge in [-0.25, -0.2) is 9.79 Å². The van der Waals surface area contributed by atoms with Gasteiger partial charge in [0.15, 0.2) is 11.8 Å². The molecule has 10 heteroatoms. The number of hydrogen-bond acceptors (Lipinski definition) is 5. The SMILES string of the molecule is CC(C)(C)OC(=O)N1CCN(C(N)=NCc2nnc3n2CCCC3)CC1.I. The summed E-state index contributed by atoms with van der Waals surface area (Å²) in [6.07, 6.45) is 3.04. The predicted octanol–water partition coefficient (Wildman–Crippen LogP) is 1.60. The molecule has 1 saturated heterocycles. The van der Waals surface area contributed by atoms with Crippen molar-refractivity contribution in [1.29, 1.82) is 0 Å². The first-order valence-electron chi connectivity index (χ1n) is 9.27. The van der Waals surface area contributed by atoms with Gasteiger partial charge in [-0.15, -0.1) is 34.2 Å². The van der Waals surface area contributed by atoms with E-state index in [4.69, 9.17) is 10.5 Å². The number of carbonyl (C=O) groups is 1. The first-order valence-corrected chi connectivity index (χ1v) is 9.27. The van der Waals surface area contributed by atoms with Gasteiger partial charge in [0.2, 0.25) is 0 Å². The standard InChI is InChI=1S/C17H29N7O2.HI/c1-17(2,3)26-16(25)23-10-8-22(9-11-23)15(18)19-12-14-21-20-13-6-4-5-7-24(13)14;/h4-12H2,1-3H3,(H2,18,19);1H. The number of aryl methyl sites for hydroxylation is 1. The molecule has 3 heterocycles. The molecule has 1 aromatic rings. The van der Waals surface area contributed by atoms with Crippen LogP contribution in [-0.2, 0) is 24.2 Å². The second-order valence-electron chi connectivity index (χ2n) is 7.77. The third-order valence-electron chi connectivity index (χ3n) is 4.57. The van der Waals surface area contributed by atoms with Crippen molar-refractivity contribution >= 4 is 36.0 Å². The summed E-state index contributed by atoms with van der Waals surface area (Å²) in [5.41, 5.74) is 5.67. The highest BCUT2D eigenvalue weighted by molar-refractivity contribution is 14.0. The summed E-state index contributed by atoms with van der Waals surface area (Å²) in [4.78, 5) is 20.3. The third kappa shape index (κ3) is 5.69. The Morgan fingerprint density at radius 2 is 1.78 bits per heavy atom. The molecular formula is C17H30IN7O2. The van der Waals surface area contributed by atoms with Crippen LogP contribution in [0.25, 0.3) is 0 Å². The lowest BCUT2D eigenvalue weighted by Gasteiger charge is -2.36. The van der Waals surface area contributed by atoms with Crippen LogP contribution in [0.15, 0.2) is 4.99 Å². The molecule has 0 radical (unpaired) electrons. The Morgan fingerprint density at radius 3 is 2.44 bits per heavy atom. The maximum absolute atomic E-state index is 12.1. The van der Waals surface area contributed by atoms with E-state index < -0.39 is 5.60 Å². The maximum atomic E-state index is 12.1. The number of aromatic nitrogens is 3. The van der Waals surface area contributed by atoms with Crippen LogP contribution < -0.4 is 5.73 Å². The molecule has 0 saturated carbocycles. The minimum Gasteiger partial charge on any atom is -0.444 e. The van der Waals surface area contributed by atoms with Crippen molar-refractivity contribution in [3.05, 3.63) is 11.6 Å². The van der Waals surface area contributed by atoms with E-state index >= 15 is 0 Å². The van der Waals surface area contributed by atoms with E-state index in [1.54, 1.807) is 4.90 Å². The molecule has 2 N–H and O–H groups in total. The Hall–Kier alpha value is -1.59. The fourth-order valence-corrected chi connectivity index (χ4v) is 3.18. The number of hydrogen-bond donors (Lipinski definition) is 1. The van der Waals surface area contributed by atoms with E-state index in [0.29, 0.717) is 38.7 Å². The highest BCUT2D eigenvalue weighted by atomic mass is 127. The number of fused-ring (bicyclic) bond motifs is 1. The third-order valence-corrected chi connectivity index (χ3v) is 4.57. The van der Waals surface area contributed by atoms with Crippen molar-refractivity contribution in [3.8, 4) is 0 Å². The van der Waals surface area contributed by atoms with Crippen LogP contribution in [0.4, 0.5) is 4.79 Å². The number of amides is 1. The molecule has 152 valence electrons. The Morgan fingerprint density at radius 1 is 1.11 bits per heavy atom. The van der Waals surface area contributed by atoms with Crippen LogP contribution in [0, 0.1) is 0 Å². The second-order valence-corrected chi connectivity index (χ2v) is 7.77. The normalized spacial score (nSPS) is 18.0. The minimum atomic E-state index is -0.480. The van der Waals surface area contributed by atoms with Gasteiger partial charge in [-0.2, -0.15) is 0 Å². The van der Waals surface area contributed by atoms with E-state index in [9.17, 15) is 4.79 Å². The number of halogens is 1. The van der Waals surface area contributed by atoms with Crippen molar-refractivity contribution in [2.24, 2.45) is 10.7 Å². The molecule has 9 nitrogen and oxygen atoms in total. The number of guanidine groups is 1. The van der Waals surface area contributed by atoms with Gasteiger partial charge in [0, 0.05) is 39.1 Å². The lowest BCUT2D eigenvalue weighted by Crippen LogP contribution is -2.53. The molecule has 0 aliphatic carbocycles. The van der Waals surface area contributed by atoms with Gasteiger partial charge in [0.1, 0.15) is 18.0 Å². The number of aliphatic imine (C=N–C) groups is 1. The largest absolute Gasteiger partial charge is 0.444 e. The molecule has 3 rings (SSSR count). The van der Waals surface area contributed by atoms with Crippen molar-refractivity contribution in [1.82, 2.24) is 24.6 Å². The van der Waals surface area contributed by atoms with E-state index in [0.717, 1.165) is 31.0 Å². The molecule has 0 unspecified atom stereocenters. The monoisotopic (exact) mass is 491 g/mol. The number of carbonyl (C=O) groups excluding carboxylic acids is 1. The first kappa shape index (κ1) is 21.7. The van der Waals surface area contributed by atoms with E-state index in [1.165, 1.54) is 6.42 Å². The van der Waals surface area contributed by atoms with E-state index in [1.807, 2.05) is 25.7 Å². The second kappa shape index (κ2) is 9.07. The average molecular weight is 491 g/mol. The van der Waals surface area contributed by atoms with Gasteiger partial charge in [-0.3, -0.25) is 0 Å². The number of piperazine rings is 1. The van der Waals surface area contributed by atoms with Crippen LogP contribution >= 0.6 is 24.0 Å². The summed E-state index contributed by atoms with van der Waals surface area (Å²) in [6.45, 7) is 9.45. The van der Waals surface area contributed by atoms with Gasteiger partial charge in [-0.05, 0) is 33.6 Å². The van der Waals surface area contributed by atoms with Crippen molar-refractivity contribution in [2.75, 3.05) is 26.2 Å². The van der Waals surface area contributed by atoms with Crippen molar-refractivity contribution in [3.63, 3.8) is 0 Å². The van der Waals surface area contributed by atoms with Crippen LogP contribution in [0.1, 0.15) is 45.3 Å². The Balaban J connectivity index is 0.00000261. The van der Waals surface area contributed by atoms with Gasteiger partial charge in [0.25, 0.3) is 0 Å².